The van der Waals surface area contributed by atoms with Crippen LogP contribution in [0.2, 0.25) is 0 Å². The Morgan fingerprint density at radius 1 is 1.42 bits per heavy atom. The second kappa shape index (κ2) is 6.48. The van der Waals surface area contributed by atoms with Crippen molar-refractivity contribution in [1.82, 2.24) is 5.32 Å². The van der Waals surface area contributed by atoms with Gasteiger partial charge in [-0.2, -0.15) is 0 Å². The topological polar surface area (TPSA) is 55.1 Å². The number of benzene rings is 1. The lowest BCUT2D eigenvalue weighted by atomic mass is 9.92. The van der Waals surface area contributed by atoms with Crippen LogP contribution in [-0.2, 0) is 0 Å². The van der Waals surface area contributed by atoms with Crippen molar-refractivity contribution in [3.8, 4) is 0 Å². The van der Waals surface area contributed by atoms with Crippen LogP contribution >= 0.6 is 28.1 Å². The first kappa shape index (κ1) is 16.1. The second-order valence-electron chi connectivity index (χ2n) is 4.54. The molecule has 3 N–H and O–H groups in total. The predicted octanol–water partition coefficient (Wildman–Crippen LogP) is 3.33. The largest absolute Gasteiger partial charge is 0.391 e. The predicted molar refractivity (Wildman–Crippen MR) is 86.4 cm³/mol. The number of rotatable bonds is 5. The van der Waals surface area contributed by atoms with Crippen LogP contribution in [0.25, 0.3) is 0 Å². The van der Waals surface area contributed by atoms with Crippen molar-refractivity contribution >= 4 is 39.0 Å². The van der Waals surface area contributed by atoms with E-state index in [0.717, 1.165) is 10.0 Å². The molecular weight excluding hydrogens is 324 g/mol. The van der Waals surface area contributed by atoms with Crippen molar-refractivity contribution in [2.45, 2.75) is 39.2 Å². The maximum Gasteiger partial charge on any atom is 0.253 e. The molecule has 1 aromatic rings. The molecule has 0 aliphatic rings. The number of carbonyl (C=O) groups is 1. The highest BCUT2D eigenvalue weighted by Gasteiger charge is 2.32. The average molecular weight is 343 g/mol. The minimum absolute atomic E-state index is 0.160. The molecule has 3 nitrogen and oxygen atoms in total. The number of nitrogens with one attached hydrogen (secondary N) is 1. The van der Waals surface area contributed by atoms with Gasteiger partial charge < -0.3 is 11.1 Å². The van der Waals surface area contributed by atoms with Crippen molar-refractivity contribution < 1.29 is 4.79 Å². The molecule has 0 aliphatic carbocycles. The standard InChI is InChI=1S/C14H19BrN2OS/c1-4-14(5-2,13(16)19)17-12(18)10-8-6-7-9(3)11(10)15/h6-8H,4-5H2,1-3H3,(H2,16,19)(H,17,18). The highest BCUT2D eigenvalue weighted by atomic mass is 79.9. The lowest BCUT2D eigenvalue weighted by Crippen LogP contribution is -2.56. The lowest BCUT2D eigenvalue weighted by Gasteiger charge is -2.31. The van der Waals surface area contributed by atoms with Crippen LogP contribution < -0.4 is 11.1 Å². The smallest absolute Gasteiger partial charge is 0.253 e. The molecule has 0 atom stereocenters. The molecule has 0 fully saturated rings. The van der Waals surface area contributed by atoms with E-state index >= 15 is 0 Å². The number of aryl methyl sites for hydroxylation is 1. The van der Waals surface area contributed by atoms with Crippen molar-refractivity contribution in [2.24, 2.45) is 5.73 Å². The Morgan fingerprint density at radius 2 is 2.00 bits per heavy atom. The molecule has 0 heterocycles. The quantitative estimate of drug-likeness (QED) is 0.807. The second-order valence-corrected chi connectivity index (χ2v) is 5.78. The molecule has 0 saturated heterocycles. The van der Waals surface area contributed by atoms with Gasteiger partial charge >= 0.3 is 0 Å². The molecule has 0 saturated carbocycles. The van der Waals surface area contributed by atoms with E-state index in [1.165, 1.54) is 0 Å². The van der Waals surface area contributed by atoms with E-state index in [1.54, 1.807) is 6.07 Å². The van der Waals surface area contributed by atoms with E-state index in [4.69, 9.17) is 18.0 Å². The van der Waals surface area contributed by atoms with Crippen LogP contribution in [-0.4, -0.2) is 16.4 Å². The Balaban J connectivity index is 3.08. The third kappa shape index (κ3) is 3.34. The van der Waals surface area contributed by atoms with Crippen LogP contribution in [0.4, 0.5) is 0 Å². The van der Waals surface area contributed by atoms with Gasteiger partial charge in [-0.15, -0.1) is 0 Å². The number of hydrogen-bond donors (Lipinski definition) is 2. The first-order valence-electron chi connectivity index (χ1n) is 6.25. The van der Waals surface area contributed by atoms with E-state index in [1.807, 2.05) is 32.9 Å². The first-order chi connectivity index (χ1) is 8.88. The third-order valence-electron chi connectivity index (χ3n) is 3.47. The number of carbonyl (C=O) groups excluding carboxylic acids is 1. The van der Waals surface area contributed by atoms with Crippen LogP contribution in [0.1, 0.15) is 42.6 Å². The zero-order chi connectivity index (χ0) is 14.6. The maximum absolute atomic E-state index is 12.4. The highest BCUT2D eigenvalue weighted by molar-refractivity contribution is 9.10. The Bertz CT molecular complexity index is 498. The summed E-state index contributed by atoms with van der Waals surface area (Å²) < 4.78 is 0.802. The Hall–Kier alpha value is -0.940. The van der Waals surface area contributed by atoms with E-state index < -0.39 is 5.54 Å². The summed E-state index contributed by atoms with van der Waals surface area (Å²) in [5.74, 6) is -0.160. The van der Waals surface area contributed by atoms with Gasteiger partial charge in [0.15, 0.2) is 0 Å². The first-order valence-corrected chi connectivity index (χ1v) is 7.45. The Morgan fingerprint density at radius 3 is 2.47 bits per heavy atom. The molecule has 19 heavy (non-hydrogen) atoms. The highest BCUT2D eigenvalue weighted by Crippen LogP contribution is 2.23. The summed E-state index contributed by atoms with van der Waals surface area (Å²) in [6.45, 7) is 5.88. The molecule has 0 spiro atoms. The van der Waals surface area contributed by atoms with Crippen LogP contribution in [0.3, 0.4) is 0 Å². The summed E-state index contributed by atoms with van der Waals surface area (Å²) in [5.41, 5.74) is 6.79. The van der Waals surface area contributed by atoms with Crippen molar-refractivity contribution in [1.29, 1.82) is 0 Å². The fraction of sp³-hybridized carbons (Fsp3) is 0.429. The summed E-state index contributed by atoms with van der Waals surface area (Å²) in [4.78, 5) is 12.7. The van der Waals surface area contributed by atoms with Crippen LogP contribution in [0, 0.1) is 6.92 Å². The summed E-state index contributed by atoms with van der Waals surface area (Å²) in [6, 6.07) is 5.58. The van der Waals surface area contributed by atoms with Crippen molar-refractivity contribution in [3.05, 3.63) is 33.8 Å². The SMILES string of the molecule is CCC(CC)(NC(=O)c1cccc(C)c1Br)C(N)=S. The number of hydrogen-bond acceptors (Lipinski definition) is 2. The molecule has 0 aliphatic heterocycles. The van der Waals surface area contributed by atoms with Gasteiger partial charge in [0.2, 0.25) is 0 Å². The Labute approximate surface area is 128 Å². The van der Waals surface area contributed by atoms with Crippen LogP contribution in [0.15, 0.2) is 22.7 Å². The molecule has 1 rings (SSSR count). The fourth-order valence-corrected chi connectivity index (χ4v) is 2.73. The lowest BCUT2D eigenvalue weighted by molar-refractivity contribution is 0.0919. The van der Waals surface area contributed by atoms with Gasteiger partial charge in [0.1, 0.15) is 0 Å². The van der Waals surface area contributed by atoms with Gasteiger partial charge in [-0.05, 0) is 47.3 Å². The third-order valence-corrected chi connectivity index (χ3v) is 4.91. The minimum Gasteiger partial charge on any atom is -0.391 e. The summed E-state index contributed by atoms with van der Waals surface area (Å²) in [6.07, 6.45) is 1.35. The zero-order valence-corrected chi connectivity index (χ0v) is 13.8. The van der Waals surface area contributed by atoms with E-state index in [0.29, 0.717) is 23.4 Å². The van der Waals surface area contributed by atoms with Crippen molar-refractivity contribution in [2.75, 3.05) is 0 Å². The van der Waals surface area contributed by atoms with Gasteiger partial charge in [0, 0.05) is 4.47 Å². The molecule has 5 heteroatoms. The van der Waals surface area contributed by atoms with Gasteiger partial charge in [0.25, 0.3) is 5.91 Å². The number of nitrogens with two attached hydrogens (primary N) is 1. The van der Waals surface area contributed by atoms with E-state index in [-0.39, 0.29) is 5.91 Å². The number of thiocarbonyl (C=S) groups is 1. The maximum atomic E-state index is 12.4. The Kier molecular flexibility index (Phi) is 5.50. The molecule has 104 valence electrons. The number of amides is 1. The monoisotopic (exact) mass is 342 g/mol. The molecule has 0 bridgehead atoms. The molecular formula is C14H19BrN2OS. The average Bonchev–Trinajstić information content (AvgIpc) is 2.38. The molecule has 0 radical (unpaired) electrons. The normalized spacial score (nSPS) is 11.2. The van der Waals surface area contributed by atoms with Gasteiger partial charge in [-0.1, -0.05) is 38.2 Å². The summed E-state index contributed by atoms with van der Waals surface area (Å²) >= 11 is 8.55. The molecule has 1 amide bonds. The van der Waals surface area contributed by atoms with Gasteiger partial charge in [0.05, 0.1) is 16.1 Å². The van der Waals surface area contributed by atoms with E-state index in [2.05, 4.69) is 21.2 Å². The van der Waals surface area contributed by atoms with E-state index in [9.17, 15) is 4.79 Å². The molecule has 0 aromatic heterocycles. The summed E-state index contributed by atoms with van der Waals surface area (Å²) in [7, 11) is 0. The minimum atomic E-state index is -0.615. The van der Waals surface area contributed by atoms with Gasteiger partial charge in [-0.3, -0.25) is 4.79 Å². The number of halogens is 1. The summed E-state index contributed by atoms with van der Waals surface area (Å²) in [5, 5.41) is 2.98. The molecule has 1 aromatic carbocycles. The van der Waals surface area contributed by atoms with Crippen LogP contribution in [0.5, 0.6) is 0 Å². The molecule has 0 unspecified atom stereocenters. The zero-order valence-electron chi connectivity index (χ0n) is 11.4. The van der Waals surface area contributed by atoms with Gasteiger partial charge in [-0.25, -0.2) is 0 Å². The fourth-order valence-electron chi connectivity index (χ4n) is 1.94. The van der Waals surface area contributed by atoms with Crippen molar-refractivity contribution in [3.63, 3.8) is 0 Å².